The van der Waals surface area contributed by atoms with Gasteiger partial charge >= 0.3 is 5.97 Å². The fraction of sp³-hybridized carbons (Fsp3) is 0.174. The number of anilines is 1. The number of thioether (sulfide) groups is 1. The zero-order valence-corrected chi connectivity index (χ0v) is 19.5. The second-order valence-corrected chi connectivity index (χ2v) is 7.94. The molecule has 0 bridgehead atoms. The summed E-state index contributed by atoms with van der Waals surface area (Å²) in [6.07, 6.45) is 0. The van der Waals surface area contributed by atoms with Gasteiger partial charge in [0.25, 0.3) is 0 Å². The Morgan fingerprint density at radius 3 is 2.41 bits per heavy atom. The highest BCUT2D eigenvalue weighted by Crippen LogP contribution is 2.31. The standard InChI is InChI=1S/C23H21N5O5S/c1-31-17-9-6-15(12-18(17)32-2)22-26-25-19-10-11-21(27-28(19)22)34-13-20(29)24-16-7-4-14(5-8-16)23(30)33-3/h4-12H,13H2,1-3H3,(H,24,29). The molecule has 0 spiro atoms. The van der Waals surface area contributed by atoms with Gasteiger partial charge in [0.05, 0.1) is 32.6 Å². The summed E-state index contributed by atoms with van der Waals surface area (Å²) in [7, 11) is 4.45. The van der Waals surface area contributed by atoms with Gasteiger partial charge in [-0.15, -0.1) is 10.2 Å². The van der Waals surface area contributed by atoms with E-state index >= 15 is 0 Å². The largest absolute Gasteiger partial charge is 0.493 e. The highest BCUT2D eigenvalue weighted by Gasteiger charge is 2.14. The first-order chi connectivity index (χ1) is 16.5. The van der Waals surface area contributed by atoms with Crippen LogP contribution in [0.25, 0.3) is 17.0 Å². The summed E-state index contributed by atoms with van der Waals surface area (Å²) in [6.45, 7) is 0. The Morgan fingerprint density at radius 2 is 1.71 bits per heavy atom. The minimum absolute atomic E-state index is 0.144. The number of nitrogens with zero attached hydrogens (tertiary/aromatic N) is 4. The number of carbonyl (C=O) groups is 2. The lowest BCUT2D eigenvalue weighted by molar-refractivity contribution is -0.113. The number of methoxy groups -OCH3 is 3. The number of nitrogens with one attached hydrogen (secondary N) is 1. The second kappa shape index (κ2) is 10.2. The highest BCUT2D eigenvalue weighted by atomic mass is 32.2. The Kier molecular flexibility index (Phi) is 6.93. The normalized spacial score (nSPS) is 10.7. The van der Waals surface area contributed by atoms with Gasteiger partial charge in [-0.2, -0.15) is 9.61 Å². The molecule has 0 fully saturated rings. The molecule has 2 aromatic heterocycles. The summed E-state index contributed by atoms with van der Waals surface area (Å²) in [4.78, 5) is 23.9. The average Bonchev–Trinajstić information content (AvgIpc) is 3.30. The van der Waals surface area contributed by atoms with Crippen LogP contribution in [0.1, 0.15) is 10.4 Å². The average molecular weight is 480 g/mol. The molecule has 0 saturated carbocycles. The van der Waals surface area contributed by atoms with Crippen molar-refractivity contribution in [3.8, 4) is 22.9 Å². The summed E-state index contributed by atoms with van der Waals surface area (Å²) in [6, 6.07) is 15.5. The Balaban J connectivity index is 1.46. The van der Waals surface area contributed by atoms with Gasteiger partial charge in [-0.05, 0) is 54.6 Å². The molecular weight excluding hydrogens is 458 g/mol. The molecule has 4 rings (SSSR count). The molecule has 0 aliphatic carbocycles. The quantitative estimate of drug-likeness (QED) is 0.300. The third kappa shape index (κ3) is 4.94. The van der Waals surface area contributed by atoms with Crippen molar-refractivity contribution in [1.82, 2.24) is 19.8 Å². The molecule has 1 N–H and O–H groups in total. The van der Waals surface area contributed by atoms with Crippen LogP contribution in [0.15, 0.2) is 59.6 Å². The molecule has 2 aromatic carbocycles. The molecule has 0 saturated heterocycles. The predicted molar refractivity (Wildman–Crippen MR) is 126 cm³/mol. The molecule has 34 heavy (non-hydrogen) atoms. The second-order valence-electron chi connectivity index (χ2n) is 6.94. The maximum absolute atomic E-state index is 12.4. The zero-order valence-electron chi connectivity index (χ0n) is 18.6. The van der Waals surface area contributed by atoms with E-state index in [0.29, 0.717) is 39.2 Å². The fourth-order valence-corrected chi connectivity index (χ4v) is 3.80. The lowest BCUT2D eigenvalue weighted by Crippen LogP contribution is -2.14. The van der Waals surface area contributed by atoms with E-state index in [2.05, 4.69) is 25.3 Å². The lowest BCUT2D eigenvalue weighted by Gasteiger charge is -2.09. The molecule has 0 aliphatic heterocycles. The minimum atomic E-state index is -0.434. The van der Waals surface area contributed by atoms with Crippen molar-refractivity contribution in [1.29, 1.82) is 0 Å². The summed E-state index contributed by atoms with van der Waals surface area (Å²) in [5, 5.41) is 16.4. The van der Waals surface area contributed by atoms with Crippen LogP contribution in [0.5, 0.6) is 11.5 Å². The van der Waals surface area contributed by atoms with Gasteiger partial charge in [0, 0.05) is 11.3 Å². The maximum atomic E-state index is 12.4. The Hall–Kier alpha value is -4.12. The molecular formula is C23H21N5O5S. The van der Waals surface area contributed by atoms with Crippen molar-refractivity contribution in [2.24, 2.45) is 0 Å². The topological polar surface area (TPSA) is 117 Å². The Morgan fingerprint density at radius 1 is 0.941 bits per heavy atom. The first-order valence-electron chi connectivity index (χ1n) is 10.1. The molecule has 174 valence electrons. The van der Waals surface area contributed by atoms with Gasteiger partial charge in [-0.3, -0.25) is 4.79 Å². The van der Waals surface area contributed by atoms with Gasteiger partial charge in [-0.1, -0.05) is 11.8 Å². The van der Waals surface area contributed by atoms with Crippen LogP contribution in [0.2, 0.25) is 0 Å². The number of esters is 1. The number of benzene rings is 2. The molecule has 0 aliphatic rings. The van der Waals surface area contributed by atoms with E-state index in [1.165, 1.54) is 18.9 Å². The van der Waals surface area contributed by atoms with Crippen LogP contribution in [-0.4, -0.2) is 58.8 Å². The van der Waals surface area contributed by atoms with Gasteiger partial charge in [0.1, 0.15) is 5.03 Å². The summed E-state index contributed by atoms with van der Waals surface area (Å²) in [5.41, 5.74) is 2.32. The van der Waals surface area contributed by atoms with E-state index in [-0.39, 0.29) is 11.7 Å². The van der Waals surface area contributed by atoms with E-state index < -0.39 is 5.97 Å². The van der Waals surface area contributed by atoms with E-state index in [9.17, 15) is 9.59 Å². The van der Waals surface area contributed by atoms with Crippen LogP contribution >= 0.6 is 11.8 Å². The van der Waals surface area contributed by atoms with E-state index in [0.717, 1.165) is 5.56 Å². The monoisotopic (exact) mass is 479 g/mol. The zero-order chi connectivity index (χ0) is 24.1. The molecule has 4 aromatic rings. The van der Waals surface area contributed by atoms with Crippen LogP contribution in [0.3, 0.4) is 0 Å². The predicted octanol–water partition coefficient (Wildman–Crippen LogP) is 3.33. The Bertz CT molecular complexity index is 1340. The third-order valence-electron chi connectivity index (χ3n) is 4.82. The first-order valence-corrected chi connectivity index (χ1v) is 11.1. The van der Waals surface area contributed by atoms with Crippen molar-refractivity contribution in [3.63, 3.8) is 0 Å². The number of carbonyl (C=O) groups excluding carboxylic acids is 2. The number of hydrogen-bond donors (Lipinski definition) is 1. The number of rotatable bonds is 8. The third-order valence-corrected chi connectivity index (χ3v) is 5.74. The van der Waals surface area contributed by atoms with Crippen LogP contribution in [0, 0.1) is 0 Å². The summed E-state index contributed by atoms with van der Waals surface area (Å²) >= 11 is 1.28. The molecule has 10 nitrogen and oxygen atoms in total. The van der Waals surface area contributed by atoms with Crippen LogP contribution in [0.4, 0.5) is 5.69 Å². The van der Waals surface area contributed by atoms with E-state index in [1.807, 2.05) is 6.07 Å². The van der Waals surface area contributed by atoms with Gasteiger partial charge in [0.15, 0.2) is 23.0 Å². The summed E-state index contributed by atoms with van der Waals surface area (Å²) in [5.74, 6) is 1.21. The highest BCUT2D eigenvalue weighted by molar-refractivity contribution is 7.99. The van der Waals surface area contributed by atoms with Crippen molar-refractivity contribution in [2.45, 2.75) is 5.03 Å². The van der Waals surface area contributed by atoms with Gasteiger partial charge in [-0.25, -0.2) is 4.79 Å². The van der Waals surface area contributed by atoms with Crippen LogP contribution in [-0.2, 0) is 9.53 Å². The molecule has 0 unspecified atom stereocenters. The lowest BCUT2D eigenvalue weighted by atomic mass is 10.2. The minimum Gasteiger partial charge on any atom is -0.493 e. The number of amides is 1. The van der Waals surface area contributed by atoms with Crippen molar-refractivity contribution in [3.05, 3.63) is 60.2 Å². The SMILES string of the molecule is COC(=O)c1ccc(NC(=O)CSc2ccc3nnc(-c4ccc(OC)c(OC)c4)n3n2)cc1. The molecule has 0 radical (unpaired) electrons. The van der Waals surface area contributed by atoms with Crippen LogP contribution < -0.4 is 14.8 Å². The molecule has 1 amide bonds. The number of fused-ring (bicyclic) bond motifs is 1. The first kappa shape index (κ1) is 23.1. The van der Waals surface area contributed by atoms with Gasteiger partial charge in [0.2, 0.25) is 5.91 Å². The molecule has 0 atom stereocenters. The molecule has 11 heteroatoms. The molecule has 2 heterocycles. The number of aromatic nitrogens is 4. The van der Waals surface area contributed by atoms with Crippen molar-refractivity contribution in [2.75, 3.05) is 32.4 Å². The number of ether oxygens (including phenoxy) is 3. The smallest absolute Gasteiger partial charge is 0.337 e. The summed E-state index contributed by atoms with van der Waals surface area (Å²) < 4.78 is 16.9. The fourth-order valence-electron chi connectivity index (χ4n) is 3.15. The maximum Gasteiger partial charge on any atom is 0.337 e. The van der Waals surface area contributed by atoms with Crippen molar-refractivity contribution >= 4 is 35.0 Å². The van der Waals surface area contributed by atoms with E-state index in [1.54, 1.807) is 67.3 Å². The van der Waals surface area contributed by atoms with Gasteiger partial charge < -0.3 is 19.5 Å². The van der Waals surface area contributed by atoms with E-state index in [4.69, 9.17) is 9.47 Å². The number of hydrogen-bond acceptors (Lipinski definition) is 9. The van der Waals surface area contributed by atoms with Crippen molar-refractivity contribution < 1.29 is 23.8 Å². The Labute approximate surface area is 199 Å².